The van der Waals surface area contributed by atoms with Crippen molar-refractivity contribution in [2.45, 2.75) is 33.2 Å². The van der Waals surface area contributed by atoms with E-state index in [0.717, 1.165) is 59.9 Å². The maximum atomic E-state index is 12.8. The van der Waals surface area contributed by atoms with Crippen molar-refractivity contribution in [3.63, 3.8) is 0 Å². The third kappa shape index (κ3) is 4.42. The van der Waals surface area contributed by atoms with Crippen LogP contribution in [0.1, 0.15) is 29.5 Å². The summed E-state index contributed by atoms with van der Waals surface area (Å²) >= 11 is 6.28. The van der Waals surface area contributed by atoms with Crippen LogP contribution in [-0.2, 0) is 11.3 Å². The van der Waals surface area contributed by atoms with E-state index in [9.17, 15) is 4.79 Å². The average Bonchev–Trinajstić information content (AvgIpc) is 2.60. The van der Waals surface area contributed by atoms with Gasteiger partial charge >= 0.3 is 0 Å². The lowest BCUT2D eigenvalue weighted by Gasteiger charge is -2.32. The number of para-hydroxylation sites is 1. The Kier molecular flexibility index (Phi) is 5.77. The van der Waals surface area contributed by atoms with Crippen molar-refractivity contribution in [1.29, 1.82) is 0 Å². The second-order valence-corrected chi connectivity index (χ2v) is 7.33. The first-order valence-corrected chi connectivity index (χ1v) is 9.25. The predicted molar refractivity (Wildman–Crippen MR) is 104 cm³/mol. The number of benzene rings is 2. The lowest BCUT2D eigenvalue weighted by Crippen LogP contribution is -2.40. The number of amides is 1. The van der Waals surface area contributed by atoms with Crippen LogP contribution in [-0.4, -0.2) is 23.9 Å². The zero-order valence-electron chi connectivity index (χ0n) is 14.9. The van der Waals surface area contributed by atoms with E-state index in [1.165, 1.54) is 0 Å². The smallest absolute Gasteiger partial charge is 0.228 e. The molecule has 1 fully saturated rings. The van der Waals surface area contributed by atoms with Crippen LogP contribution in [0, 0.1) is 19.8 Å². The Balaban J connectivity index is 1.65. The lowest BCUT2D eigenvalue weighted by atomic mass is 9.96. The normalized spacial score (nSPS) is 18.1. The SMILES string of the molecule is Cc1cccc(C)c1NC(=O)C1CCCN(Cc2ccccc2Cl)C1. The molecule has 1 unspecified atom stereocenters. The van der Waals surface area contributed by atoms with E-state index in [-0.39, 0.29) is 11.8 Å². The van der Waals surface area contributed by atoms with Crippen LogP contribution in [0.2, 0.25) is 5.02 Å². The summed E-state index contributed by atoms with van der Waals surface area (Å²) in [5.74, 6) is 0.150. The molecule has 1 aliphatic rings. The Morgan fingerprint density at radius 3 is 2.60 bits per heavy atom. The summed E-state index contributed by atoms with van der Waals surface area (Å²) in [6.45, 7) is 6.66. The maximum absolute atomic E-state index is 12.8. The van der Waals surface area contributed by atoms with Gasteiger partial charge in [-0.2, -0.15) is 0 Å². The Labute approximate surface area is 155 Å². The van der Waals surface area contributed by atoms with Crippen LogP contribution in [0.3, 0.4) is 0 Å². The fourth-order valence-corrected chi connectivity index (χ4v) is 3.71. The largest absolute Gasteiger partial charge is 0.325 e. The summed E-state index contributed by atoms with van der Waals surface area (Å²) < 4.78 is 0. The highest BCUT2D eigenvalue weighted by atomic mass is 35.5. The maximum Gasteiger partial charge on any atom is 0.228 e. The predicted octanol–water partition coefficient (Wildman–Crippen LogP) is 4.81. The molecule has 1 amide bonds. The van der Waals surface area contributed by atoms with Gasteiger partial charge in [-0.25, -0.2) is 0 Å². The molecule has 0 aromatic heterocycles. The van der Waals surface area contributed by atoms with Gasteiger partial charge in [-0.1, -0.05) is 48.0 Å². The highest BCUT2D eigenvalue weighted by molar-refractivity contribution is 6.31. The summed E-state index contributed by atoms with van der Waals surface area (Å²) in [6.07, 6.45) is 1.98. The van der Waals surface area contributed by atoms with Gasteiger partial charge in [0, 0.05) is 23.8 Å². The van der Waals surface area contributed by atoms with Crippen LogP contribution >= 0.6 is 11.6 Å². The molecule has 0 spiro atoms. The molecule has 1 N–H and O–H groups in total. The molecular weight excluding hydrogens is 332 g/mol. The Morgan fingerprint density at radius 2 is 1.88 bits per heavy atom. The molecular formula is C21H25ClN2O. The summed E-state index contributed by atoms with van der Waals surface area (Å²) in [6, 6.07) is 14.0. The molecule has 2 aromatic carbocycles. The molecule has 0 bridgehead atoms. The molecule has 132 valence electrons. The summed E-state index contributed by atoms with van der Waals surface area (Å²) in [4.78, 5) is 15.1. The lowest BCUT2D eigenvalue weighted by molar-refractivity contribution is -0.121. The van der Waals surface area contributed by atoms with E-state index >= 15 is 0 Å². The van der Waals surface area contributed by atoms with E-state index < -0.39 is 0 Å². The fourth-order valence-electron chi connectivity index (χ4n) is 3.52. The minimum atomic E-state index is 0.0234. The number of piperidine rings is 1. The van der Waals surface area contributed by atoms with Crippen molar-refractivity contribution >= 4 is 23.2 Å². The van der Waals surface area contributed by atoms with E-state index in [1.54, 1.807) is 0 Å². The Hall–Kier alpha value is -1.84. The number of carbonyl (C=O) groups is 1. The molecule has 3 rings (SSSR count). The molecule has 0 aliphatic carbocycles. The van der Waals surface area contributed by atoms with Gasteiger partial charge in [-0.3, -0.25) is 9.69 Å². The van der Waals surface area contributed by atoms with Crippen molar-refractivity contribution in [1.82, 2.24) is 4.90 Å². The first kappa shape index (κ1) is 18.0. The third-order valence-electron chi connectivity index (χ3n) is 4.96. The van der Waals surface area contributed by atoms with Gasteiger partial charge in [-0.05, 0) is 56.0 Å². The molecule has 1 saturated heterocycles. The van der Waals surface area contributed by atoms with Gasteiger partial charge in [0.1, 0.15) is 0 Å². The van der Waals surface area contributed by atoms with Crippen molar-refractivity contribution in [2.75, 3.05) is 18.4 Å². The number of rotatable bonds is 4. The summed E-state index contributed by atoms with van der Waals surface area (Å²) in [7, 11) is 0. The minimum absolute atomic E-state index is 0.0234. The van der Waals surface area contributed by atoms with Gasteiger partial charge in [0.05, 0.1) is 5.92 Å². The first-order valence-electron chi connectivity index (χ1n) is 8.87. The number of anilines is 1. The Morgan fingerprint density at radius 1 is 1.16 bits per heavy atom. The van der Waals surface area contributed by atoms with Gasteiger partial charge in [0.15, 0.2) is 0 Å². The number of likely N-dealkylation sites (tertiary alicyclic amines) is 1. The highest BCUT2D eigenvalue weighted by Crippen LogP contribution is 2.25. The molecule has 25 heavy (non-hydrogen) atoms. The molecule has 1 heterocycles. The number of hydrogen-bond acceptors (Lipinski definition) is 2. The second-order valence-electron chi connectivity index (χ2n) is 6.92. The summed E-state index contributed by atoms with van der Waals surface area (Å²) in [5.41, 5.74) is 4.30. The number of hydrogen-bond donors (Lipinski definition) is 1. The molecule has 1 atom stereocenters. The number of halogens is 1. The van der Waals surface area contributed by atoms with Crippen LogP contribution < -0.4 is 5.32 Å². The standard InChI is InChI=1S/C21H25ClN2O/c1-15-7-5-8-16(2)20(15)23-21(25)18-10-6-12-24(14-18)13-17-9-3-4-11-19(17)22/h3-5,7-9,11,18H,6,10,12-14H2,1-2H3,(H,23,25). The fraction of sp³-hybridized carbons (Fsp3) is 0.381. The van der Waals surface area contributed by atoms with Crippen molar-refractivity contribution < 1.29 is 4.79 Å². The zero-order valence-corrected chi connectivity index (χ0v) is 15.6. The van der Waals surface area contributed by atoms with E-state index in [1.807, 2.05) is 50.2 Å². The van der Waals surface area contributed by atoms with Crippen LogP contribution in [0.25, 0.3) is 0 Å². The van der Waals surface area contributed by atoms with Crippen LogP contribution in [0.4, 0.5) is 5.69 Å². The van der Waals surface area contributed by atoms with Gasteiger partial charge in [-0.15, -0.1) is 0 Å². The molecule has 0 radical (unpaired) electrons. The summed E-state index contributed by atoms with van der Waals surface area (Å²) in [5, 5.41) is 3.95. The minimum Gasteiger partial charge on any atom is -0.325 e. The Bertz CT molecular complexity index is 739. The van der Waals surface area contributed by atoms with Gasteiger partial charge in [0.2, 0.25) is 5.91 Å². The molecule has 2 aromatic rings. The van der Waals surface area contributed by atoms with E-state index in [2.05, 4.69) is 16.3 Å². The molecule has 3 nitrogen and oxygen atoms in total. The molecule has 1 aliphatic heterocycles. The zero-order chi connectivity index (χ0) is 17.8. The number of nitrogens with one attached hydrogen (secondary N) is 1. The number of carbonyl (C=O) groups excluding carboxylic acids is 1. The van der Waals surface area contributed by atoms with Gasteiger partial charge < -0.3 is 5.32 Å². The monoisotopic (exact) mass is 356 g/mol. The van der Waals surface area contributed by atoms with Crippen molar-refractivity contribution in [3.05, 3.63) is 64.2 Å². The number of nitrogens with zero attached hydrogens (tertiary/aromatic N) is 1. The van der Waals surface area contributed by atoms with Crippen LogP contribution in [0.5, 0.6) is 0 Å². The first-order chi connectivity index (χ1) is 12.0. The topological polar surface area (TPSA) is 32.3 Å². The van der Waals surface area contributed by atoms with E-state index in [0.29, 0.717) is 0 Å². The van der Waals surface area contributed by atoms with Crippen molar-refractivity contribution in [2.24, 2.45) is 5.92 Å². The van der Waals surface area contributed by atoms with Crippen molar-refractivity contribution in [3.8, 4) is 0 Å². The molecule has 0 saturated carbocycles. The molecule has 4 heteroatoms. The van der Waals surface area contributed by atoms with E-state index in [4.69, 9.17) is 11.6 Å². The average molecular weight is 357 g/mol. The van der Waals surface area contributed by atoms with Crippen LogP contribution in [0.15, 0.2) is 42.5 Å². The number of aryl methyl sites for hydroxylation is 2. The van der Waals surface area contributed by atoms with Gasteiger partial charge in [0.25, 0.3) is 0 Å². The second kappa shape index (κ2) is 8.03. The third-order valence-corrected chi connectivity index (χ3v) is 5.33. The quantitative estimate of drug-likeness (QED) is 0.852. The highest BCUT2D eigenvalue weighted by Gasteiger charge is 2.26.